The fraction of sp³-hybridized carbons (Fsp3) is 0.231. The molecule has 1 aromatic rings. The van der Waals surface area contributed by atoms with Gasteiger partial charge in [0, 0.05) is 21.3 Å². The molecule has 0 radical (unpaired) electrons. The average molecular weight is 389 g/mol. The number of hydrogen-bond donors (Lipinski definition) is 0. The SMILES string of the molecule is c1c2c(cc3c1SC(=C1SC4=C(SCCS4)S1)S3)OCO2. The maximum atomic E-state index is 5.48. The van der Waals surface area contributed by atoms with E-state index in [1.807, 2.05) is 70.6 Å². The molecule has 0 unspecified atom stereocenters. The van der Waals surface area contributed by atoms with Gasteiger partial charge in [-0.3, -0.25) is 0 Å². The van der Waals surface area contributed by atoms with Gasteiger partial charge in [-0.1, -0.05) is 47.0 Å². The van der Waals surface area contributed by atoms with Gasteiger partial charge in [0.2, 0.25) is 6.79 Å². The molecule has 21 heavy (non-hydrogen) atoms. The van der Waals surface area contributed by atoms with Crippen molar-refractivity contribution in [2.45, 2.75) is 9.79 Å². The summed E-state index contributed by atoms with van der Waals surface area (Å²) in [5, 5.41) is 0. The van der Waals surface area contributed by atoms with Gasteiger partial charge in [-0.2, -0.15) is 0 Å². The Morgan fingerprint density at radius 3 is 1.76 bits per heavy atom. The third-order valence-electron chi connectivity index (χ3n) is 3.10. The molecule has 0 fully saturated rings. The lowest BCUT2D eigenvalue weighted by molar-refractivity contribution is 0.174. The molecule has 8 heteroatoms. The van der Waals surface area contributed by atoms with E-state index in [1.165, 1.54) is 38.2 Å². The molecule has 2 nitrogen and oxygen atoms in total. The Hall–Kier alpha value is 0.400. The molecular weight excluding hydrogens is 381 g/mol. The summed E-state index contributed by atoms with van der Waals surface area (Å²) < 4.78 is 16.8. The van der Waals surface area contributed by atoms with Crippen molar-refractivity contribution in [2.75, 3.05) is 18.3 Å². The van der Waals surface area contributed by atoms with E-state index in [0.717, 1.165) is 11.5 Å². The summed E-state index contributed by atoms with van der Waals surface area (Å²) in [6.45, 7) is 0.346. The standard InChI is InChI=1S/C13H8O2S6/c1-2-17-11-10(16-1)20-13(21-11)12-18-8-3-6-7(15-5-14-6)4-9(8)19-12/h3-4H,1-2,5H2. The molecular formula is C13H8O2S6. The second-order valence-electron chi connectivity index (χ2n) is 4.41. The van der Waals surface area contributed by atoms with Gasteiger partial charge in [-0.15, -0.1) is 23.5 Å². The van der Waals surface area contributed by atoms with Crippen LogP contribution in [0.5, 0.6) is 11.5 Å². The second-order valence-corrected chi connectivity index (χ2v) is 11.8. The van der Waals surface area contributed by atoms with Crippen molar-refractivity contribution in [1.82, 2.24) is 0 Å². The molecule has 0 bridgehead atoms. The van der Waals surface area contributed by atoms with Gasteiger partial charge < -0.3 is 9.47 Å². The molecule has 0 saturated carbocycles. The molecule has 4 aliphatic rings. The monoisotopic (exact) mass is 388 g/mol. The Labute approximate surface area is 148 Å². The predicted octanol–water partition coefficient (Wildman–Crippen LogP) is 5.83. The number of ether oxygens (including phenoxy) is 2. The maximum absolute atomic E-state index is 5.48. The van der Waals surface area contributed by atoms with E-state index in [9.17, 15) is 0 Å². The first kappa shape index (κ1) is 13.8. The van der Waals surface area contributed by atoms with Gasteiger partial charge in [0.15, 0.2) is 11.5 Å². The normalized spacial score (nSPS) is 22.9. The zero-order valence-corrected chi connectivity index (χ0v) is 15.4. The van der Waals surface area contributed by atoms with Gasteiger partial charge in [0.1, 0.15) is 0 Å². The fourth-order valence-electron chi connectivity index (χ4n) is 2.17. The summed E-state index contributed by atoms with van der Waals surface area (Å²) in [7, 11) is 0. The molecule has 108 valence electrons. The van der Waals surface area contributed by atoms with Crippen molar-refractivity contribution >= 4 is 70.6 Å². The van der Waals surface area contributed by atoms with Crippen LogP contribution in [-0.4, -0.2) is 18.3 Å². The van der Waals surface area contributed by atoms with Crippen molar-refractivity contribution < 1.29 is 9.47 Å². The molecule has 0 atom stereocenters. The summed E-state index contributed by atoms with van der Waals surface area (Å²) in [6, 6.07) is 4.23. The van der Waals surface area contributed by atoms with E-state index >= 15 is 0 Å². The topological polar surface area (TPSA) is 18.5 Å². The zero-order valence-electron chi connectivity index (χ0n) is 10.5. The zero-order chi connectivity index (χ0) is 13.8. The highest BCUT2D eigenvalue weighted by atomic mass is 32.3. The third kappa shape index (κ3) is 2.42. The minimum Gasteiger partial charge on any atom is -0.454 e. The highest BCUT2D eigenvalue weighted by Gasteiger charge is 2.31. The van der Waals surface area contributed by atoms with Crippen molar-refractivity contribution in [3.8, 4) is 11.5 Å². The van der Waals surface area contributed by atoms with Crippen LogP contribution in [0.4, 0.5) is 0 Å². The van der Waals surface area contributed by atoms with E-state index < -0.39 is 0 Å². The number of rotatable bonds is 0. The molecule has 1 aromatic carbocycles. The molecule has 4 aliphatic heterocycles. The van der Waals surface area contributed by atoms with Crippen LogP contribution in [0.15, 0.2) is 38.9 Å². The largest absolute Gasteiger partial charge is 0.454 e. The van der Waals surface area contributed by atoms with Gasteiger partial charge in [-0.25, -0.2) is 0 Å². The number of benzene rings is 1. The van der Waals surface area contributed by atoms with Crippen molar-refractivity contribution in [3.05, 3.63) is 29.1 Å². The van der Waals surface area contributed by atoms with Crippen LogP contribution >= 0.6 is 70.6 Å². The first-order valence-electron chi connectivity index (χ1n) is 6.26. The van der Waals surface area contributed by atoms with Crippen LogP contribution in [0, 0.1) is 0 Å². The second kappa shape index (κ2) is 5.49. The van der Waals surface area contributed by atoms with E-state index in [2.05, 4.69) is 12.1 Å². The fourth-order valence-corrected chi connectivity index (χ4v) is 10.9. The van der Waals surface area contributed by atoms with Crippen molar-refractivity contribution in [1.29, 1.82) is 0 Å². The Balaban J connectivity index is 1.45. The quantitative estimate of drug-likeness (QED) is 0.546. The van der Waals surface area contributed by atoms with Crippen molar-refractivity contribution in [3.63, 3.8) is 0 Å². The van der Waals surface area contributed by atoms with E-state index in [0.29, 0.717) is 6.79 Å². The molecule has 4 heterocycles. The lowest BCUT2D eigenvalue weighted by atomic mass is 10.3. The summed E-state index contributed by atoms with van der Waals surface area (Å²) in [5.74, 6) is 4.23. The maximum Gasteiger partial charge on any atom is 0.231 e. The van der Waals surface area contributed by atoms with Crippen LogP contribution in [0.1, 0.15) is 0 Å². The summed E-state index contributed by atoms with van der Waals surface area (Å²) in [5.41, 5.74) is 0. The summed E-state index contributed by atoms with van der Waals surface area (Å²) in [6.07, 6.45) is 0. The molecule has 0 spiro atoms. The summed E-state index contributed by atoms with van der Waals surface area (Å²) in [4.78, 5) is 2.58. The Bertz CT molecular complexity index is 656. The average Bonchev–Trinajstić information content (AvgIpc) is 3.20. The van der Waals surface area contributed by atoms with Crippen LogP contribution in [0.2, 0.25) is 0 Å². The first-order valence-corrected chi connectivity index (χ1v) is 11.5. The smallest absolute Gasteiger partial charge is 0.231 e. The molecule has 0 amide bonds. The molecule has 0 aromatic heterocycles. The van der Waals surface area contributed by atoms with Crippen LogP contribution in [0.3, 0.4) is 0 Å². The third-order valence-corrected chi connectivity index (χ3v) is 11.9. The summed E-state index contributed by atoms with van der Waals surface area (Å²) >= 11 is 11.6. The number of thioether (sulfide) groups is 6. The molecule has 0 N–H and O–H groups in total. The van der Waals surface area contributed by atoms with E-state index in [1.54, 1.807) is 0 Å². The molecule has 0 aliphatic carbocycles. The van der Waals surface area contributed by atoms with Crippen molar-refractivity contribution in [2.24, 2.45) is 0 Å². The number of hydrogen-bond acceptors (Lipinski definition) is 8. The minimum atomic E-state index is 0.346. The Morgan fingerprint density at radius 1 is 0.667 bits per heavy atom. The lowest BCUT2D eigenvalue weighted by Gasteiger charge is -2.08. The Kier molecular flexibility index (Phi) is 3.61. The van der Waals surface area contributed by atoms with Crippen LogP contribution in [0.25, 0.3) is 0 Å². The van der Waals surface area contributed by atoms with E-state index in [-0.39, 0.29) is 0 Å². The number of fused-ring (bicyclic) bond motifs is 2. The van der Waals surface area contributed by atoms with Crippen LogP contribution < -0.4 is 9.47 Å². The highest BCUT2D eigenvalue weighted by Crippen LogP contribution is 2.65. The highest BCUT2D eigenvalue weighted by molar-refractivity contribution is 8.42. The van der Waals surface area contributed by atoms with Crippen LogP contribution in [-0.2, 0) is 0 Å². The lowest BCUT2D eigenvalue weighted by Crippen LogP contribution is -1.92. The minimum absolute atomic E-state index is 0.346. The van der Waals surface area contributed by atoms with E-state index in [4.69, 9.17) is 9.47 Å². The molecule has 0 saturated heterocycles. The first-order chi connectivity index (χ1) is 10.4. The predicted molar refractivity (Wildman–Crippen MR) is 98.4 cm³/mol. The molecule has 5 rings (SSSR count). The van der Waals surface area contributed by atoms with Gasteiger partial charge in [-0.05, 0) is 12.1 Å². The Morgan fingerprint density at radius 2 is 1.19 bits per heavy atom. The van der Waals surface area contributed by atoms with Gasteiger partial charge in [0.05, 0.1) is 16.9 Å². The van der Waals surface area contributed by atoms with Gasteiger partial charge in [0.25, 0.3) is 0 Å². The van der Waals surface area contributed by atoms with Gasteiger partial charge >= 0.3 is 0 Å².